The molecule has 0 saturated carbocycles. The standard InChI is InChI=1S/C11H17NO3/c1-8-10(13)4-3-5-11(8)15-7-9(6-12)14-2/h3-5,9,13H,6-7,12H2,1-2H3. The van der Waals surface area contributed by atoms with Crippen LogP contribution in [-0.2, 0) is 4.74 Å². The minimum absolute atomic E-state index is 0.119. The van der Waals surface area contributed by atoms with E-state index >= 15 is 0 Å². The molecular weight excluding hydrogens is 194 g/mol. The van der Waals surface area contributed by atoms with Gasteiger partial charge in [-0.3, -0.25) is 0 Å². The fourth-order valence-electron chi connectivity index (χ4n) is 1.17. The summed E-state index contributed by atoms with van der Waals surface area (Å²) in [5.74, 6) is 0.889. The van der Waals surface area contributed by atoms with Gasteiger partial charge in [-0.15, -0.1) is 0 Å². The summed E-state index contributed by atoms with van der Waals surface area (Å²) in [6, 6.07) is 5.17. The zero-order valence-electron chi connectivity index (χ0n) is 9.06. The van der Waals surface area contributed by atoms with E-state index in [-0.39, 0.29) is 11.9 Å². The Balaban J connectivity index is 2.61. The number of hydrogen-bond acceptors (Lipinski definition) is 4. The van der Waals surface area contributed by atoms with Crippen molar-refractivity contribution >= 4 is 0 Å². The number of phenolic OH excluding ortho intramolecular Hbond substituents is 1. The number of methoxy groups -OCH3 is 1. The van der Waals surface area contributed by atoms with Gasteiger partial charge in [-0.2, -0.15) is 0 Å². The Morgan fingerprint density at radius 3 is 2.80 bits per heavy atom. The highest BCUT2D eigenvalue weighted by Crippen LogP contribution is 2.25. The van der Waals surface area contributed by atoms with Gasteiger partial charge in [-0.25, -0.2) is 0 Å². The van der Waals surface area contributed by atoms with E-state index in [0.29, 0.717) is 18.9 Å². The lowest BCUT2D eigenvalue weighted by atomic mass is 10.2. The predicted octanol–water partition coefficient (Wildman–Crippen LogP) is 1.05. The maximum atomic E-state index is 9.44. The van der Waals surface area contributed by atoms with Gasteiger partial charge in [-0.05, 0) is 19.1 Å². The molecule has 0 spiro atoms. The number of benzene rings is 1. The predicted molar refractivity (Wildman–Crippen MR) is 58.2 cm³/mol. The second-order valence-corrected chi connectivity index (χ2v) is 3.30. The summed E-state index contributed by atoms with van der Waals surface area (Å²) >= 11 is 0. The first-order chi connectivity index (χ1) is 7.19. The Labute approximate surface area is 89.6 Å². The third kappa shape index (κ3) is 3.11. The summed E-state index contributed by atoms with van der Waals surface area (Å²) in [5.41, 5.74) is 6.19. The van der Waals surface area contributed by atoms with Crippen LogP contribution in [0.4, 0.5) is 0 Å². The van der Waals surface area contributed by atoms with Gasteiger partial charge in [0, 0.05) is 19.2 Å². The quantitative estimate of drug-likeness (QED) is 0.764. The summed E-state index contributed by atoms with van der Waals surface area (Å²) in [5, 5.41) is 9.44. The van der Waals surface area contributed by atoms with Crippen LogP contribution in [0.2, 0.25) is 0 Å². The van der Waals surface area contributed by atoms with Gasteiger partial charge in [0.2, 0.25) is 0 Å². The molecule has 15 heavy (non-hydrogen) atoms. The van der Waals surface area contributed by atoms with Gasteiger partial charge in [-0.1, -0.05) is 6.07 Å². The van der Waals surface area contributed by atoms with Gasteiger partial charge in [0.1, 0.15) is 24.2 Å². The SMILES string of the molecule is COC(CN)COc1cccc(O)c1C. The van der Waals surface area contributed by atoms with Crippen molar-refractivity contribution in [2.75, 3.05) is 20.3 Å². The number of ether oxygens (including phenoxy) is 2. The molecule has 3 N–H and O–H groups in total. The third-order valence-corrected chi connectivity index (χ3v) is 2.28. The van der Waals surface area contributed by atoms with E-state index in [0.717, 1.165) is 5.56 Å². The van der Waals surface area contributed by atoms with E-state index in [2.05, 4.69) is 0 Å². The maximum absolute atomic E-state index is 9.44. The fraction of sp³-hybridized carbons (Fsp3) is 0.455. The molecule has 84 valence electrons. The van der Waals surface area contributed by atoms with Crippen LogP contribution in [-0.4, -0.2) is 31.5 Å². The largest absolute Gasteiger partial charge is 0.508 e. The van der Waals surface area contributed by atoms with Crippen molar-refractivity contribution < 1.29 is 14.6 Å². The molecule has 0 saturated heterocycles. The Hall–Kier alpha value is -1.26. The topological polar surface area (TPSA) is 64.7 Å². The van der Waals surface area contributed by atoms with Crippen LogP contribution < -0.4 is 10.5 Å². The van der Waals surface area contributed by atoms with E-state index in [1.807, 2.05) is 0 Å². The monoisotopic (exact) mass is 211 g/mol. The average Bonchev–Trinajstić information content (AvgIpc) is 2.25. The molecular formula is C11H17NO3. The zero-order chi connectivity index (χ0) is 11.3. The van der Waals surface area contributed by atoms with Crippen molar-refractivity contribution in [2.45, 2.75) is 13.0 Å². The number of rotatable bonds is 5. The van der Waals surface area contributed by atoms with Gasteiger partial charge >= 0.3 is 0 Å². The molecule has 1 unspecified atom stereocenters. The van der Waals surface area contributed by atoms with Crippen molar-refractivity contribution in [3.05, 3.63) is 23.8 Å². The normalized spacial score (nSPS) is 12.5. The van der Waals surface area contributed by atoms with E-state index in [9.17, 15) is 5.11 Å². The molecule has 4 nitrogen and oxygen atoms in total. The molecule has 0 aromatic heterocycles. The third-order valence-electron chi connectivity index (χ3n) is 2.28. The van der Waals surface area contributed by atoms with Crippen LogP contribution >= 0.6 is 0 Å². The van der Waals surface area contributed by atoms with Crippen LogP contribution in [0.3, 0.4) is 0 Å². The van der Waals surface area contributed by atoms with E-state index in [1.54, 1.807) is 32.2 Å². The van der Waals surface area contributed by atoms with Crippen LogP contribution in [0.1, 0.15) is 5.56 Å². The summed E-state index contributed by atoms with van der Waals surface area (Å²) in [6.07, 6.45) is -0.119. The lowest BCUT2D eigenvalue weighted by molar-refractivity contribution is 0.0640. The van der Waals surface area contributed by atoms with Gasteiger partial charge in [0.25, 0.3) is 0 Å². The number of hydrogen-bond donors (Lipinski definition) is 2. The summed E-state index contributed by atoms with van der Waals surface area (Å²) in [4.78, 5) is 0. The van der Waals surface area contributed by atoms with Crippen LogP contribution in [0.15, 0.2) is 18.2 Å². The van der Waals surface area contributed by atoms with Crippen molar-refractivity contribution in [2.24, 2.45) is 5.73 Å². The summed E-state index contributed by atoms with van der Waals surface area (Å²) in [6.45, 7) is 2.60. The molecule has 1 rings (SSSR count). The second-order valence-electron chi connectivity index (χ2n) is 3.30. The highest BCUT2D eigenvalue weighted by Gasteiger charge is 2.08. The molecule has 0 heterocycles. The fourth-order valence-corrected chi connectivity index (χ4v) is 1.17. The summed E-state index contributed by atoms with van der Waals surface area (Å²) < 4.78 is 10.6. The first-order valence-corrected chi connectivity index (χ1v) is 4.83. The molecule has 0 fully saturated rings. The molecule has 4 heteroatoms. The minimum atomic E-state index is -0.119. The lowest BCUT2D eigenvalue weighted by Crippen LogP contribution is -2.29. The van der Waals surface area contributed by atoms with E-state index in [4.69, 9.17) is 15.2 Å². The van der Waals surface area contributed by atoms with Crippen molar-refractivity contribution in [1.29, 1.82) is 0 Å². The average molecular weight is 211 g/mol. The lowest BCUT2D eigenvalue weighted by Gasteiger charge is -2.15. The zero-order valence-corrected chi connectivity index (χ0v) is 9.06. The van der Waals surface area contributed by atoms with Crippen molar-refractivity contribution in [3.8, 4) is 11.5 Å². The molecule has 0 aliphatic carbocycles. The molecule has 0 bridgehead atoms. The minimum Gasteiger partial charge on any atom is -0.508 e. The maximum Gasteiger partial charge on any atom is 0.126 e. The molecule has 0 radical (unpaired) electrons. The number of phenols is 1. The van der Waals surface area contributed by atoms with Gasteiger partial charge in [0.15, 0.2) is 0 Å². The smallest absolute Gasteiger partial charge is 0.126 e. The van der Waals surface area contributed by atoms with Crippen LogP contribution in [0.5, 0.6) is 11.5 Å². The molecule has 1 aromatic rings. The van der Waals surface area contributed by atoms with E-state index < -0.39 is 0 Å². The molecule has 0 aliphatic heterocycles. The number of nitrogens with two attached hydrogens (primary N) is 1. The summed E-state index contributed by atoms with van der Waals surface area (Å²) in [7, 11) is 1.59. The highest BCUT2D eigenvalue weighted by atomic mass is 16.5. The Morgan fingerprint density at radius 2 is 2.20 bits per heavy atom. The Bertz CT molecular complexity index is 311. The molecule has 0 amide bonds. The second kappa shape index (κ2) is 5.58. The van der Waals surface area contributed by atoms with Crippen molar-refractivity contribution in [1.82, 2.24) is 0 Å². The van der Waals surface area contributed by atoms with Crippen molar-refractivity contribution in [3.63, 3.8) is 0 Å². The molecule has 1 aromatic carbocycles. The highest BCUT2D eigenvalue weighted by molar-refractivity contribution is 5.42. The molecule has 0 aliphatic rings. The molecule has 1 atom stereocenters. The first kappa shape index (κ1) is 11.8. The Kier molecular flexibility index (Phi) is 4.39. The first-order valence-electron chi connectivity index (χ1n) is 4.83. The Morgan fingerprint density at radius 1 is 1.47 bits per heavy atom. The van der Waals surface area contributed by atoms with Crippen LogP contribution in [0.25, 0.3) is 0 Å². The van der Waals surface area contributed by atoms with E-state index in [1.165, 1.54) is 0 Å². The van der Waals surface area contributed by atoms with Gasteiger partial charge < -0.3 is 20.3 Å². The van der Waals surface area contributed by atoms with Gasteiger partial charge in [0.05, 0.1) is 0 Å². The van der Waals surface area contributed by atoms with Crippen LogP contribution in [0, 0.1) is 6.92 Å². The number of aromatic hydroxyl groups is 1.